The molecule has 0 aliphatic heterocycles. The van der Waals surface area contributed by atoms with Crippen LogP contribution in [0.1, 0.15) is 30.9 Å². The van der Waals surface area contributed by atoms with Crippen LogP contribution < -0.4 is 5.32 Å². The Morgan fingerprint density at radius 2 is 2.23 bits per heavy atom. The normalized spacial score (nSPS) is 15.9. The van der Waals surface area contributed by atoms with Crippen molar-refractivity contribution in [3.8, 4) is 6.19 Å². The van der Waals surface area contributed by atoms with E-state index in [9.17, 15) is 0 Å². The average Bonchev–Trinajstić information content (AvgIpc) is 2.06. The lowest BCUT2D eigenvalue weighted by molar-refractivity contribution is 0.408. The topological polar surface area (TPSA) is 61.6 Å². The number of hydrogen-bond acceptors (Lipinski definition) is 4. The number of nitriles is 1. The van der Waals surface area contributed by atoms with Gasteiger partial charge >= 0.3 is 0 Å². The summed E-state index contributed by atoms with van der Waals surface area (Å²) in [6.45, 7) is 0. The second-order valence-corrected chi connectivity index (χ2v) is 3.21. The van der Waals surface area contributed by atoms with Gasteiger partial charge in [-0.05, 0) is 25.0 Å². The minimum absolute atomic E-state index is 0.519. The van der Waals surface area contributed by atoms with Gasteiger partial charge in [0.25, 0.3) is 0 Å². The van der Waals surface area contributed by atoms with Crippen LogP contribution in [0, 0.1) is 11.5 Å². The molecule has 0 unspecified atom stereocenters. The van der Waals surface area contributed by atoms with Crippen LogP contribution in [0.25, 0.3) is 0 Å². The lowest BCUT2D eigenvalue weighted by Gasteiger charge is -2.23. The maximum absolute atomic E-state index is 8.33. The third-order valence-corrected chi connectivity index (χ3v) is 2.39. The Bertz CT molecular complexity index is 320. The van der Waals surface area contributed by atoms with Crippen LogP contribution in [0.4, 0.5) is 5.82 Å². The third-order valence-electron chi connectivity index (χ3n) is 2.39. The Morgan fingerprint density at radius 1 is 1.38 bits per heavy atom. The Labute approximate surface area is 76.6 Å². The van der Waals surface area contributed by atoms with Crippen LogP contribution in [0.5, 0.6) is 0 Å². The van der Waals surface area contributed by atoms with Crippen molar-refractivity contribution in [1.29, 1.82) is 5.26 Å². The lowest BCUT2D eigenvalue weighted by Crippen LogP contribution is -2.11. The van der Waals surface area contributed by atoms with Crippen molar-refractivity contribution in [3.05, 3.63) is 17.8 Å². The predicted molar refractivity (Wildman–Crippen MR) is 47.9 cm³/mol. The van der Waals surface area contributed by atoms with E-state index in [-0.39, 0.29) is 0 Å². The molecule has 0 bridgehead atoms. The van der Waals surface area contributed by atoms with Crippen molar-refractivity contribution in [2.45, 2.75) is 25.2 Å². The molecule has 1 heterocycles. The number of nitrogens with one attached hydrogen (secondary N) is 1. The summed E-state index contributed by atoms with van der Waals surface area (Å²) in [7, 11) is 0. The molecule has 1 aliphatic rings. The molecular formula is C9H10N4. The number of hydrogen-bond donors (Lipinski definition) is 1. The standard InChI is InChI=1S/C9H10N4/c10-6-11-9-5-4-8(12-13-9)7-2-1-3-7/h4-5,7H,1-3H2,(H,11,13). The van der Waals surface area contributed by atoms with E-state index >= 15 is 0 Å². The van der Waals surface area contributed by atoms with Gasteiger partial charge in [0.05, 0.1) is 5.69 Å². The summed E-state index contributed by atoms with van der Waals surface area (Å²) < 4.78 is 0. The SMILES string of the molecule is N#CNc1ccc(C2CCC2)nn1. The molecule has 0 atom stereocenters. The molecule has 4 nitrogen and oxygen atoms in total. The summed E-state index contributed by atoms with van der Waals surface area (Å²) in [5.74, 6) is 1.12. The quantitative estimate of drug-likeness (QED) is 0.547. The van der Waals surface area contributed by atoms with Crippen LogP contribution in [0.3, 0.4) is 0 Å². The molecule has 1 N–H and O–H groups in total. The van der Waals surface area contributed by atoms with Crippen LogP contribution in [0.15, 0.2) is 12.1 Å². The molecular weight excluding hydrogens is 164 g/mol. The average molecular weight is 174 g/mol. The van der Waals surface area contributed by atoms with Gasteiger partial charge < -0.3 is 0 Å². The zero-order chi connectivity index (χ0) is 9.10. The van der Waals surface area contributed by atoms with Gasteiger partial charge in [0, 0.05) is 5.92 Å². The molecule has 2 rings (SSSR count). The van der Waals surface area contributed by atoms with Crippen LogP contribution in [-0.2, 0) is 0 Å². The fraction of sp³-hybridized carbons (Fsp3) is 0.444. The number of anilines is 1. The van der Waals surface area contributed by atoms with Crippen molar-refractivity contribution in [2.75, 3.05) is 5.32 Å². The number of nitrogens with zero attached hydrogens (tertiary/aromatic N) is 3. The van der Waals surface area contributed by atoms with Crippen LogP contribution >= 0.6 is 0 Å². The number of aromatic nitrogens is 2. The molecule has 0 saturated heterocycles. The third kappa shape index (κ3) is 1.59. The van der Waals surface area contributed by atoms with E-state index in [2.05, 4.69) is 15.5 Å². The fourth-order valence-corrected chi connectivity index (χ4v) is 1.39. The Hall–Kier alpha value is -1.63. The maximum atomic E-state index is 8.33. The summed E-state index contributed by atoms with van der Waals surface area (Å²) >= 11 is 0. The molecule has 1 fully saturated rings. The lowest BCUT2D eigenvalue weighted by atomic mass is 9.83. The monoisotopic (exact) mass is 174 g/mol. The highest BCUT2D eigenvalue weighted by Crippen LogP contribution is 2.34. The minimum atomic E-state index is 0.519. The molecule has 1 aromatic heterocycles. The molecule has 1 aromatic rings. The second kappa shape index (κ2) is 3.40. The van der Waals surface area contributed by atoms with Crippen molar-refractivity contribution < 1.29 is 0 Å². The van der Waals surface area contributed by atoms with E-state index in [0.29, 0.717) is 11.7 Å². The molecule has 1 aliphatic carbocycles. The second-order valence-electron chi connectivity index (χ2n) is 3.21. The van der Waals surface area contributed by atoms with Crippen LogP contribution in [-0.4, -0.2) is 10.2 Å². The van der Waals surface area contributed by atoms with Gasteiger partial charge in [-0.1, -0.05) is 6.42 Å². The summed E-state index contributed by atoms with van der Waals surface area (Å²) in [5, 5.41) is 18.7. The van der Waals surface area contributed by atoms with Gasteiger partial charge in [-0.25, -0.2) is 0 Å². The van der Waals surface area contributed by atoms with E-state index in [1.807, 2.05) is 12.3 Å². The van der Waals surface area contributed by atoms with E-state index in [0.717, 1.165) is 5.69 Å². The maximum Gasteiger partial charge on any atom is 0.182 e. The smallest absolute Gasteiger partial charge is 0.182 e. The Morgan fingerprint density at radius 3 is 2.69 bits per heavy atom. The van der Waals surface area contributed by atoms with E-state index in [1.54, 1.807) is 6.07 Å². The van der Waals surface area contributed by atoms with Crippen molar-refractivity contribution in [1.82, 2.24) is 10.2 Å². The van der Waals surface area contributed by atoms with E-state index < -0.39 is 0 Å². The van der Waals surface area contributed by atoms with Gasteiger partial charge in [0.1, 0.15) is 0 Å². The molecule has 0 radical (unpaired) electrons. The highest BCUT2D eigenvalue weighted by atomic mass is 15.2. The van der Waals surface area contributed by atoms with Gasteiger partial charge in [0.2, 0.25) is 0 Å². The molecule has 0 aromatic carbocycles. The highest BCUT2D eigenvalue weighted by Gasteiger charge is 2.20. The Balaban J connectivity index is 2.09. The van der Waals surface area contributed by atoms with E-state index in [1.165, 1.54) is 19.3 Å². The van der Waals surface area contributed by atoms with Crippen molar-refractivity contribution in [2.24, 2.45) is 0 Å². The molecule has 4 heteroatoms. The molecule has 1 saturated carbocycles. The first-order valence-electron chi connectivity index (χ1n) is 4.39. The predicted octanol–water partition coefficient (Wildman–Crippen LogP) is 1.64. The van der Waals surface area contributed by atoms with E-state index in [4.69, 9.17) is 5.26 Å². The summed E-state index contributed by atoms with van der Waals surface area (Å²) in [6, 6.07) is 3.74. The summed E-state index contributed by atoms with van der Waals surface area (Å²) in [4.78, 5) is 0. The molecule has 0 amide bonds. The zero-order valence-electron chi connectivity index (χ0n) is 7.20. The molecule has 0 spiro atoms. The van der Waals surface area contributed by atoms with Gasteiger partial charge in [0.15, 0.2) is 12.0 Å². The number of rotatable bonds is 2. The van der Waals surface area contributed by atoms with Crippen molar-refractivity contribution in [3.63, 3.8) is 0 Å². The largest absolute Gasteiger partial charge is 0.275 e. The molecule has 66 valence electrons. The first-order chi connectivity index (χ1) is 6.40. The van der Waals surface area contributed by atoms with Gasteiger partial charge in [-0.15, -0.1) is 5.10 Å². The molecule has 13 heavy (non-hydrogen) atoms. The summed E-state index contributed by atoms with van der Waals surface area (Å²) in [5.41, 5.74) is 1.05. The fourth-order valence-electron chi connectivity index (χ4n) is 1.39. The van der Waals surface area contributed by atoms with Crippen LogP contribution in [0.2, 0.25) is 0 Å². The zero-order valence-corrected chi connectivity index (χ0v) is 7.20. The summed E-state index contributed by atoms with van der Waals surface area (Å²) in [6.07, 6.45) is 5.55. The Kier molecular flexibility index (Phi) is 2.09. The van der Waals surface area contributed by atoms with Crippen molar-refractivity contribution >= 4 is 5.82 Å². The first kappa shape index (κ1) is 7.99. The minimum Gasteiger partial charge on any atom is -0.275 e. The highest BCUT2D eigenvalue weighted by molar-refractivity contribution is 5.37. The first-order valence-corrected chi connectivity index (χ1v) is 4.39. The van der Waals surface area contributed by atoms with Gasteiger partial charge in [-0.3, -0.25) is 5.32 Å². The van der Waals surface area contributed by atoms with Gasteiger partial charge in [-0.2, -0.15) is 10.4 Å².